The zero-order chi connectivity index (χ0) is 32.0. The second kappa shape index (κ2) is 11.2. The Morgan fingerprint density at radius 1 is 0.907 bits per heavy atom. The van der Waals surface area contributed by atoms with Gasteiger partial charge in [0.25, 0.3) is 5.60 Å². The van der Waals surface area contributed by atoms with Crippen LogP contribution in [0.15, 0.2) is 77.7 Å². The first-order chi connectivity index (χ1) is 19.8. The lowest BCUT2D eigenvalue weighted by molar-refractivity contribution is -0.376. The predicted octanol–water partition coefficient (Wildman–Crippen LogP) is 6.06. The minimum atomic E-state index is -6.04. The average Bonchev–Trinajstić information content (AvgIpc) is 3.30. The highest BCUT2D eigenvalue weighted by molar-refractivity contribution is 7.91. The Morgan fingerprint density at radius 2 is 1.44 bits per heavy atom. The number of carbonyl (C=O) groups is 1. The first kappa shape index (κ1) is 32.5. The molecule has 4 rings (SSSR count). The van der Waals surface area contributed by atoms with Gasteiger partial charge in [0, 0.05) is 30.0 Å². The number of amides is 1. The molecular weight excluding hydrogens is 603 g/mol. The van der Waals surface area contributed by atoms with E-state index in [2.05, 4.69) is 0 Å². The molecule has 0 aliphatic carbocycles. The van der Waals surface area contributed by atoms with Crippen molar-refractivity contribution in [2.45, 2.75) is 54.5 Å². The highest BCUT2D eigenvalue weighted by Crippen LogP contribution is 2.51. The molecule has 3 aromatic rings. The van der Waals surface area contributed by atoms with Crippen LogP contribution in [-0.2, 0) is 32.1 Å². The maximum atomic E-state index is 13.7. The summed E-state index contributed by atoms with van der Waals surface area (Å²) in [4.78, 5) is 15.0. The van der Waals surface area contributed by atoms with Crippen molar-refractivity contribution >= 4 is 15.7 Å². The van der Waals surface area contributed by atoms with Crippen molar-refractivity contribution in [2.24, 2.45) is 0 Å². The van der Waals surface area contributed by atoms with Gasteiger partial charge in [0.1, 0.15) is 5.82 Å². The number of likely N-dealkylation sites (tertiary alicyclic amines) is 1. The van der Waals surface area contributed by atoms with Gasteiger partial charge in [-0.1, -0.05) is 62.4 Å². The molecular formula is C30H28F7NO4S. The van der Waals surface area contributed by atoms with E-state index >= 15 is 0 Å². The lowest BCUT2D eigenvalue weighted by Crippen LogP contribution is -2.53. The van der Waals surface area contributed by atoms with Gasteiger partial charge in [-0.25, -0.2) is 12.8 Å². The third-order valence-electron chi connectivity index (χ3n) is 8.12. The lowest BCUT2D eigenvalue weighted by atomic mass is 9.71. The Labute approximate surface area is 243 Å². The van der Waals surface area contributed by atoms with E-state index in [9.17, 15) is 49.1 Å². The molecule has 0 bridgehead atoms. The molecule has 1 aliphatic heterocycles. The number of benzene rings is 3. The fourth-order valence-electron chi connectivity index (χ4n) is 5.49. The molecule has 1 aliphatic rings. The molecule has 0 saturated carbocycles. The summed E-state index contributed by atoms with van der Waals surface area (Å²) in [6.45, 7) is 3.41. The molecule has 0 radical (unpaired) electrons. The van der Waals surface area contributed by atoms with Crippen molar-refractivity contribution < 1.29 is 49.1 Å². The molecule has 3 aromatic carbocycles. The number of alkyl halides is 6. The fourth-order valence-corrected chi connectivity index (χ4v) is 6.38. The Balaban J connectivity index is 1.67. The van der Waals surface area contributed by atoms with Crippen LogP contribution in [0.4, 0.5) is 30.7 Å². The molecule has 43 heavy (non-hydrogen) atoms. The number of nitrogens with zero attached hydrogens (tertiary/aromatic N) is 1. The van der Waals surface area contributed by atoms with Crippen LogP contribution in [0, 0.1) is 5.82 Å². The van der Waals surface area contributed by atoms with Crippen LogP contribution in [-0.4, -0.2) is 55.5 Å². The minimum Gasteiger partial charge on any atom is -0.369 e. The van der Waals surface area contributed by atoms with Gasteiger partial charge in [0.15, 0.2) is 9.84 Å². The zero-order valence-electron chi connectivity index (χ0n) is 23.0. The average molecular weight is 632 g/mol. The Morgan fingerprint density at radius 3 is 1.93 bits per heavy atom. The Bertz CT molecular complexity index is 1560. The second-order valence-corrected chi connectivity index (χ2v) is 13.1. The number of carbonyl (C=O) groups excluding carboxylic acids is 1. The van der Waals surface area contributed by atoms with Crippen molar-refractivity contribution in [3.05, 3.63) is 101 Å². The third-order valence-corrected chi connectivity index (χ3v) is 9.87. The van der Waals surface area contributed by atoms with Gasteiger partial charge in [-0.15, -0.1) is 0 Å². The van der Waals surface area contributed by atoms with E-state index < -0.39 is 50.5 Å². The summed E-state index contributed by atoms with van der Waals surface area (Å²) in [5, 5.41) is 9.78. The van der Waals surface area contributed by atoms with Gasteiger partial charge in [-0.2, -0.15) is 26.3 Å². The van der Waals surface area contributed by atoms with E-state index in [4.69, 9.17) is 0 Å². The summed E-state index contributed by atoms with van der Waals surface area (Å²) in [7, 11) is -3.44. The Kier molecular flexibility index (Phi) is 8.48. The lowest BCUT2D eigenvalue weighted by Gasteiger charge is -2.34. The second-order valence-electron chi connectivity index (χ2n) is 10.8. The van der Waals surface area contributed by atoms with Crippen LogP contribution in [0.25, 0.3) is 0 Å². The van der Waals surface area contributed by atoms with Crippen molar-refractivity contribution in [1.82, 2.24) is 4.90 Å². The summed E-state index contributed by atoms with van der Waals surface area (Å²) in [5.74, 6) is -1.58. The van der Waals surface area contributed by atoms with E-state index in [-0.39, 0.29) is 36.1 Å². The van der Waals surface area contributed by atoms with Gasteiger partial charge in [-0.05, 0) is 41.0 Å². The molecule has 0 aromatic heterocycles. The zero-order valence-corrected chi connectivity index (χ0v) is 23.8. The summed E-state index contributed by atoms with van der Waals surface area (Å²) < 4.78 is 118. The molecule has 13 heteroatoms. The predicted molar refractivity (Wildman–Crippen MR) is 143 cm³/mol. The smallest absolute Gasteiger partial charge is 0.369 e. The minimum absolute atomic E-state index is 0.0389. The molecule has 1 saturated heterocycles. The van der Waals surface area contributed by atoms with E-state index in [0.29, 0.717) is 28.8 Å². The van der Waals surface area contributed by atoms with E-state index in [1.807, 2.05) is 0 Å². The molecule has 1 heterocycles. The van der Waals surface area contributed by atoms with Crippen LogP contribution >= 0.6 is 0 Å². The van der Waals surface area contributed by atoms with E-state index in [0.717, 1.165) is 12.1 Å². The maximum Gasteiger partial charge on any atom is 0.430 e. The standard InChI is InChI=1S/C30H28F7NO4S/c1-3-43(41,42)24-14-4-19(5-15-24)16-26(39)38-17-25(27(2,18-38)21-10-12-23(31)13-11-21)20-6-8-22(9-7-20)28(40,29(32,33)34)30(35,36)37/h4-15,25,40H,3,16-18H2,1-2H3/t25-,27+/m1/s1. The highest BCUT2D eigenvalue weighted by atomic mass is 32.2. The van der Waals surface area contributed by atoms with Crippen LogP contribution in [0.2, 0.25) is 0 Å². The summed E-state index contributed by atoms with van der Waals surface area (Å²) in [5.41, 5.74) is -5.97. The van der Waals surface area contributed by atoms with Crippen molar-refractivity contribution in [3.63, 3.8) is 0 Å². The largest absolute Gasteiger partial charge is 0.430 e. The molecule has 232 valence electrons. The topological polar surface area (TPSA) is 74.7 Å². The fraction of sp³-hybridized carbons (Fsp3) is 0.367. The van der Waals surface area contributed by atoms with Crippen LogP contribution in [0.3, 0.4) is 0 Å². The first-order valence-electron chi connectivity index (χ1n) is 13.2. The number of sulfone groups is 1. The molecule has 5 nitrogen and oxygen atoms in total. The summed E-state index contributed by atoms with van der Waals surface area (Å²) in [6.07, 6.45) is -12.2. The molecule has 1 amide bonds. The summed E-state index contributed by atoms with van der Waals surface area (Å²) >= 11 is 0. The molecule has 0 spiro atoms. The van der Waals surface area contributed by atoms with Crippen molar-refractivity contribution in [2.75, 3.05) is 18.8 Å². The first-order valence-corrected chi connectivity index (χ1v) is 14.8. The number of rotatable bonds is 7. The molecule has 0 unspecified atom stereocenters. The summed E-state index contributed by atoms with van der Waals surface area (Å²) in [6, 6.07) is 14.5. The van der Waals surface area contributed by atoms with Gasteiger partial charge in [0.05, 0.1) is 17.1 Å². The highest BCUT2D eigenvalue weighted by Gasteiger charge is 2.71. The monoisotopic (exact) mass is 631 g/mol. The number of hydrogen-bond acceptors (Lipinski definition) is 4. The number of aliphatic hydroxyl groups is 1. The van der Waals surface area contributed by atoms with Gasteiger partial charge in [-0.3, -0.25) is 4.79 Å². The van der Waals surface area contributed by atoms with E-state index in [1.165, 1.54) is 60.4 Å². The van der Waals surface area contributed by atoms with Crippen molar-refractivity contribution in [3.8, 4) is 0 Å². The van der Waals surface area contributed by atoms with Crippen LogP contribution < -0.4 is 0 Å². The quantitative estimate of drug-likeness (QED) is 0.322. The van der Waals surface area contributed by atoms with Gasteiger partial charge >= 0.3 is 12.4 Å². The Hall–Kier alpha value is -3.45. The molecule has 1 fully saturated rings. The number of halogens is 7. The molecule has 1 N–H and O–H groups in total. The van der Waals surface area contributed by atoms with Crippen LogP contribution in [0.5, 0.6) is 0 Å². The molecule has 2 atom stereocenters. The third kappa shape index (κ3) is 6.01. The van der Waals surface area contributed by atoms with Crippen molar-refractivity contribution in [1.29, 1.82) is 0 Å². The van der Waals surface area contributed by atoms with Crippen LogP contribution in [0.1, 0.15) is 42.0 Å². The maximum absolute atomic E-state index is 13.7. The van der Waals surface area contributed by atoms with Gasteiger partial charge < -0.3 is 10.0 Å². The van der Waals surface area contributed by atoms with E-state index in [1.54, 1.807) is 6.92 Å². The number of hydrogen-bond donors (Lipinski definition) is 1. The SMILES string of the molecule is CCS(=O)(=O)c1ccc(CC(=O)N2C[C@H](c3ccc(C(O)(C(F)(F)F)C(F)(F)F)cc3)[C@](C)(c3ccc(F)cc3)C2)cc1. The normalized spacial score (nSPS) is 20.0. The van der Waals surface area contributed by atoms with Gasteiger partial charge in [0.2, 0.25) is 5.91 Å².